The number of esters is 3. The molecule has 0 unspecified atom stereocenters. The third-order valence-corrected chi connectivity index (χ3v) is 8.35. The van der Waals surface area contributed by atoms with Crippen LogP contribution in [0.4, 0.5) is 0 Å². The van der Waals surface area contributed by atoms with Crippen LogP contribution in [0.15, 0.2) is 23.3 Å². The van der Waals surface area contributed by atoms with E-state index >= 15 is 0 Å². The first-order chi connectivity index (χ1) is 15.6. The number of fused-ring (bicyclic) bond motifs is 3. The first kappa shape index (κ1) is 26.4. The highest BCUT2D eigenvalue weighted by atomic mass is 16.6. The predicted octanol–water partition coefficient (Wildman–Crippen LogP) is 2.85. The molecule has 190 valence electrons. The standard InChI is InChI=1S/C26H38O8/c1-12-18(30)9-10-26(8)21(12)23(33-15(4)28)17-11-19(32-14(3)27)13(2)20(25(17,6)7)22(31)24(26)34-16(5)29/h17-19,21-24,30-31H,1,9-11H2,2-8H3/t17-,18-,19-,21-,22+,23+,24-,26+/m0/s1. The van der Waals surface area contributed by atoms with Gasteiger partial charge in [-0.3, -0.25) is 14.4 Å². The molecule has 0 aliphatic heterocycles. The second kappa shape index (κ2) is 9.11. The summed E-state index contributed by atoms with van der Waals surface area (Å²) in [6, 6.07) is 0. The van der Waals surface area contributed by atoms with Crippen molar-refractivity contribution in [2.75, 3.05) is 0 Å². The summed E-state index contributed by atoms with van der Waals surface area (Å²) in [5.74, 6) is -2.46. The van der Waals surface area contributed by atoms with Crippen LogP contribution < -0.4 is 0 Å². The average molecular weight is 479 g/mol. The average Bonchev–Trinajstić information content (AvgIpc) is 2.69. The first-order valence-electron chi connectivity index (χ1n) is 11.9. The van der Waals surface area contributed by atoms with E-state index in [1.807, 2.05) is 27.7 Å². The third kappa shape index (κ3) is 4.31. The van der Waals surface area contributed by atoms with Gasteiger partial charge in [0.15, 0.2) is 0 Å². The summed E-state index contributed by atoms with van der Waals surface area (Å²) in [5, 5.41) is 22.6. The maximum Gasteiger partial charge on any atom is 0.303 e. The smallest absolute Gasteiger partial charge is 0.303 e. The zero-order valence-electron chi connectivity index (χ0n) is 21.2. The molecule has 34 heavy (non-hydrogen) atoms. The van der Waals surface area contributed by atoms with Crippen LogP contribution in [0.5, 0.6) is 0 Å². The molecule has 0 aromatic rings. The van der Waals surface area contributed by atoms with E-state index in [0.717, 1.165) is 0 Å². The quantitative estimate of drug-likeness (QED) is 0.361. The van der Waals surface area contributed by atoms with Crippen molar-refractivity contribution in [2.24, 2.45) is 22.7 Å². The van der Waals surface area contributed by atoms with Gasteiger partial charge < -0.3 is 24.4 Å². The van der Waals surface area contributed by atoms with Gasteiger partial charge in [-0.05, 0) is 48.3 Å². The zero-order chi connectivity index (χ0) is 25.7. The molecule has 0 radical (unpaired) electrons. The molecular weight excluding hydrogens is 440 g/mol. The highest BCUT2D eigenvalue weighted by molar-refractivity contribution is 5.68. The predicted molar refractivity (Wildman–Crippen MR) is 123 cm³/mol. The molecule has 2 fully saturated rings. The van der Waals surface area contributed by atoms with E-state index in [0.29, 0.717) is 36.0 Å². The van der Waals surface area contributed by atoms with Gasteiger partial charge >= 0.3 is 17.9 Å². The number of aliphatic hydroxyl groups is 2. The van der Waals surface area contributed by atoms with Crippen molar-refractivity contribution in [3.05, 3.63) is 23.3 Å². The maximum absolute atomic E-state index is 12.4. The van der Waals surface area contributed by atoms with Crippen molar-refractivity contribution in [1.29, 1.82) is 0 Å². The third-order valence-electron chi connectivity index (χ3n) is 8.35. The Labute approximate surface area is 201 Å². The monoisotopic (exact) mass is 478 g/mol. The lowest BCUT2D eigenvalue weighted by Gasteiger charge is -2.59. The second-order valence-corrected chi connectivity index (χ2v) is 10.9. The van der Waals surface area contributed by atoms with Gasteiger partial charge in [-0.1, -0.05) is 27.4 Å². The van der Waals surface area contributed by atoms with Gasteiger partial charge in [-0.15, -0.1) is 0 Å². The van der Waals surface area contributed by atoms with Crippen LogP contribution >= 0.6 is 0 Å². The Kier molecular flexibility index (Phi) is 7.08. The highest BCUT2D eigenvalue weighted by Crippen LogP contribution is 2.60. The minimum absolute atomic E-state index is 0.362. The van der Waals surface area contributed by atoms with Crippen LogP contribution in [-0.2, 0) is 28.6 Å². The maximum atomic E-state index is 12.4. The first-order valence-corrected chi connectivity index (χ1v) is 11.9. The number of rotatable bonds is 3. The molecule has 2 saturated carbocycles. The number of hydrogen-bond acceptors (Lipinski definition) is 8. The molecule has 0 spiro atoms. The van der Waals surface area contributed by atoms with Crippen molar-refractivity contribution in [3.63, 3.8) is 0 Å². The van der Waals surface area contributed by atoms with Gasteiger partial charge in [-0.25, -0.2) is 0 Å². The molecular formula is C26H38O8. The molecule has 3 aliphatic carbocycles. The topological polar surface area (TPSA) is 119 Å². The Balaban J connectivity index is 2.35. The summed E-state index contributed by atoms with van der Waals surface area (Å²) in [7, 11) is 0. The summed E-state index contributed by atoms with van der Waals surface area (Å²) < 4.78 is 17.4. The fraction of sp³-hybridized carbons (Fsp3) is 0.731. The minimum atomic E-state index is -1.19. The highest BCUT2D eigenvalue weighted by Gasteiger charge is 2.63. The Bertz CT molecular complexity index is 918. The normalized spacial score (nSPS) is 39.3. The minimum Gasteiger partial charge on any atom is -0.462 e. The molecule has 2 N–H and O–H groups in total. The van der Waals surface area contributed by atoms with Crippen molar-refractivity contribution in [1.82, 2.24) is 0 Å². The molecule has 8 heteroatoms. The number of ether oxygens (including phenoxy) is 3. The summed E-state index contributed by atoms with van der Waals surface area (Å²) in [5.41, 5.74) is 0.242. The molecule has 3 rings (SSSR count). The van der Waals surface area contributed by atoms with Crippen LogP contribution in [0, 0.1) is 22.7 Å². The van der Waals surface area contributed by atoms with E-state index in [9.17, 15) is 24.6 Å². The summed E-state index contributed by atoms with van der Waals surface area (Å²) >= 11 is 0. The number of aliphatic hydroxyl groups excluding tert-OH is 2. The summed E-state index contributed by atoms with van der Waals surface area (Å²) in [6.07, 6.45) is -3.19. The molecule has 8 nitrogen and oxygen atoms in total. The van der Waals surface area contributed by atoms with Gasteiger partial charge in [-0.2, -0.15) is 0 Å². The van der Waals surface area contributed by atoms with Crippen molar-refractivity contribution < 1.29 is 38.8 Å². The Morgan fingerprint density at radius 1 is 0.971 bits per heavy atom. The molecule has 0 heterocycles. The molecule has 8 atom stereocenters. The molecule has 0 saturated heterocycles. The second-order valence-electron chi connectivity index (χ2n) is 10.9. The number of carbonyl (C=O) groups excluding carboxylic acids is 3. The van der Waals surface area contributed by atoms with Gasteiger partial charge in [0.2, 0.25) is 0 Å². The van der Waals surface area contributed by atoms with E-state index < -0.39 is 65.2 Å². The summed E-state index contributed by atoms with van der Waals surface area (Å²) in [4.78, 5) is 36.5. The van der Waals surface area contributed by atoms with E-state index in [2.05, 4.69) is 6.58 Å². The number of hydrogen-bond donors (Lipinski definition) is 2. The van der Waals surface area contributed by atoms with E-state index in [4.69, 9.17) is 14.2 Å². The summed E-state index contributed by atoms with van der Waals surface area (Å²) in [6.45, 7) is 15.7. The lowest BCUT2D eigenvalue weighted by atomic mass is 9.49. The number of carbonyl (C=O) groups is 3. The van der Waals surface area contributed by atoms with Crippen LogP contribution in [0.25, 0.3) is 0 Å². The Hall–Kier alpha value is -2.19. The van der Waals surface area contributed by atoms with Gasteiger partial charge in [0.25, 0.3) is 0 Å². The van der Waals surface area contributed by atoms with E-state index in [1.54, 1.807) is 0 Å². The van der Waals surface area contributed by atoms with Crippen LogP contribution in [0.2, 0.25) is 0 Å². The van der Waals surface area contributed by atoms with Crippen LogP contribution in [0.1, 0.15) is 67.7 Å². The van der Waals surface area contributed by atoms with Crippen molar-refractivity contribution >= 4 is 17.9 Å². The van der Waals surface area contributed by atoms with E-state index in [1.165, 1.54) is 20.8 Å². The van der Waals surface area contributed by atoms with Crippen LogP contribution in [-0.4, -0.2) is 58.6 Å². The molecule has 2 bridgehead atoms. The molecule has 3 aliphatic rings. The molecule has 0 aromatic heterocycles. The lowest BCUT2D eigenvalue weighted by Crippen LogP contribution is -2.63. The van der Waals surface area contributed by atoms with E-state index in [-0.39, 0.29) is 5.92 Å². The Morgan fingerprint density at radius 2 is 1.53 bits per heavy atom. The molecule has 0 aromatic carbocycles. The SMILES string of the molecule is C=C1[C@@H](O)CC[C@@]2(C)[C@@H](OC(C)=O)[C@H](O)C3=C(C)[C@@H](OC(C)=O)C[C@@H]([C@@H](OC(C)=O)[C@H]12)C3(C)C. The lowest BCUT2D eigenvalue weighted by molar-refractivity contribution is -0.197. The largest absolute Gasteiger partial charge is 0.462 e. The fourth-order valence-electron chi connectivity index (χ4n) is 6.87. The zero-order valence-corrected chi connectivity index (χ0v) is 21.2. The molecule has 0 amide bonds. The van der Waals surface area contributed by atoms with Gasteiger partial charge in [0.1, 0.15) is 24.4 Å². The van der Waals surface area contributed by atoms with Crippen molar-refractivity contribution in [3.8, 4) is 0 Å². The van der Waals surface area contributed by atoms with Gasteiger partial charge in [0.05, 0.1) is 6.10 Å². The van der Waals surface area contributed by atoms with Crippen LogP contribution in [0.3, 0.4) is 0 Å². The fourth-order valence-corrected chi connectivity index (χ4v) is 6.87. The van der Waals surface area contributed by atoms with Crippen molar-refractivity contribution in [2.45, 2.75) is 98.2 Å². The van der Waals surface area contributed by atoms with Gasteiger partial charge in [0, 0.05) is 38.0 Å². The Morgan fingerprint density at radius 3 is 2.06 bits per heavy atom.